The number of carbonyl (C=O) groups is 1. The molecule has 5 aromatic rings. The molecular formula is C26H20Cl2F2N6O. The second-order valence-electron chi connectivity index (χ2n) is 8.53. The normalized spacial score (nSPS) is 12.2. The van der Waals surface area contributed by atoms with Crippen molar-refractivity contribution in [2.75, 3.05) is 6.54 Å². The highest BCUT2D eigenvalue weighted by Gasteiger charge is 2.24. The Kier molecular flexibility index (Phi) is 6.66. The Balaban J connectivity index is 1.47. The summed E-state index contributed by atoms with van der Waals surface area (Å²) in [6.45, 7) is 3.42. The molecule has 2 N–H and O–H groups in total. The maximum atomic E-state index is 15.6. The number of halogens is 4. The van der Waals surface area contributed by atoms with E-state index in [0.29, 0.717) is 28.4 Å². The highest BCUT2D eigenvalue weighted by Crippen LogP contribution is 2.32. The zero-order valence-electron chi connectivity index (χ0n) is 19.7. The van der Waals surface area contributed by atoms with E-state index in [4.69, 9.17) is 23.2 Å². The van der Waals surface area contributed by atoms with Crippen LogP contribution in [-0.2, 0) is 0 Å². The van der Waals surface area contributed by atoms with E-state index >= 15 is 4.39 Å². The molecule has 1 amide bonds. The Morgan fingerprint density at radius 1 is 1.11 bits per heavy atom. The zero-order chi connectivity index (χ0) is 26.3. The van der Waals surface area contributed by atoms with Crippen molar-refractivity contribution < 1.29 is 13.6 Å². The van der Waals surface area contributed by atoms with Gasteiger partial charge >= 0.3 is 0 Å². The minimum atomic E-state index is -0.712. The predicted octanol–water partition coefficient (Wildman–Crippen LogP) is 5.91. The van der Waals surface area contributed by atoms with Crippen LogP contribution in [0.5, 0.6) is 0 Å². The van der Waals surface area contributed by atoms with E-state index < -0.39 is 23.5 Å². The van der Waals surface area contributed by atoms with Crippen LogP contribution in [0, 0.1) is 25.5 Å². The van der Waals surface area contributed by atoms with Crippen LogP contribution < -0.4 is 5.32 Å². The van der Waals surface area contributed by atoms with Crippen molar-refractivity contribution in [1.29, 1.82) is 0 Å². The number of aromatic nitrogens is 5. The highest BCUT2D eigenvalue weighted by molar-refractivity contribution is 6.40. The molecule has 0 aliphatic heterocycles. The van der Waals surface area contributed by atoms with Gasteiger partial charge in [-0.3, -0.25) is 4.79 Å². The molecule has 0 aliphatic rings. The van der Waals surface area contributed by atoms with Gasteiger partial charge < -0.3 is 10.3 Å². The van der Waals surface area contributed by atoms with E-state index in [0.717, 1.165) is 0 Å². The minimum absolute atomic E-state index is 0.0508. The summed E-state index contributed by atoms with van der Waals surface area (Å²) in [5, 5.41) is 7.21. The van der Waals surface area contributed by atoms with Gasteiger partial charge in [-0.25, -0.2) is 23.4 Å². The highest BCUT2D eigenvalue weighted by atomic mass is 35.5. The number of fused-ring (bicyclic) bond motifs is 1. The lowest BCUT2D eigenvalue weighted by Gasteiger charge is -2.20. The third kappa shape index (κ3) is 4.92. The van der Waals surface area contributed by atoms with Gasteiger partial charge in [-0.15, -0.1) is 0 Å². The van der Waals surface area contributed by atoms with Gasteiger partial charge in [0.1, 0.15) is 29.3 Å². The van der Waals surface area contributed by atoms with E-state index in [9.17, 15) is 9.18 Å². The summed E-state index contributed by atoms with van der Waals surface area (Å²) >= 11 is 12.8. The number of amides is 1. The summed E-state index contributed by atoms with van der Waals surface area (Å²) in [7, 11) is 0. The maximum Gasteiger partial charge on any atom is 0.254 e. The first-order valence-electron chi connectivity index (χ1n) is 11.3. The molecule has 0 radical (unpaired) electrons. The van der Waals surface area contributed by atoms with Gasteiger partial charge in [0, 0.05) is 12.5 Å². The number of benzene rings is 3. The first kappa shape index (κ1) is 24.9. The van der Waals surface area contributed by atoms with Gasteiger partial charge in [-0.2, -0.15) is 5.10 Å². The van der Waals surface area contributed by atoms with Crippen molar-refractivity contribution in [2.45, 2.75) is 19.8 Å². The Bertz CT molecular complexity index is 1620. The molecule has 2 heterocycles. The number of aryl methyl sites for hydroxylation is 2. The molecule has 1 atom stereocenters. The van der Waals surface area contributed by atoms with Crippen LogP contribution in [-0.4, -0.2) is 37.2 Å². The quantitative estimate of drug-likeness (QED) is 0.280. The molecule has 0 bridgehead atoms. The van der Waals surface area contributed by atoms with Gasteiger partial charge in [0.25, 0.3) is 5.91 Å². The Morgan fingerprint density at radius 3 is 2.54 bits per heavy atom. The predicted molar refractivity (Wildman–Crippen MR) is 137 cm³/mol. The SMILES string of the molecule is Cc1ncn(-c2cc(Cl)c(C(=O)NCC(c3cccc(F)c3)c3ccc4[nH]c(C)nc4c3F)c(Cl)c2)n1. The molecule has 11 heteroatoms. The zero-order valence-corrected chi connectivity index (χ0v) is 21.2. The number of H-pyrrole nitrogens is 1. The molecule has 37 heavy (non-hydrogen) atoms. The number of aromatic amines is 1. The largest absolute Gasteiger partial charge is 0.351 e. The number of carbonyl (C=O) groups excluding carboxylic acids is 1. The van der Waals surface area contributed by atoms with Gasteiger partial charge in [-0.1, -0.05) is 41.4 Å². The van der Waals surface area contributed by atoms with E-state index in [1.165, 1.54) is 29.2 Å². The van der Waals surface area contributed by atoms with E-state index in [-0.39, 0.29) is 33.2 Å². The fraction of sp³-hybridized carbons (Fsp3) is 0.154. The van der Waals surface area contributed by atoms with Gasteiger partial charge in [0.05, 0.1) is 26.8 Å². The fourth-order valence-electron chi connectivity index (χ4n) is 4.24. The van der Waals surface area contributed by atoms with Crippen LogP contribution in [0.2, 0.25) is 10.0 Å². The van der Waals surface area contributed by atoms with E-state index in [2.05, 4.69) is 25.4 Å². The number of nitrogens with one attached hydrogen (secondary N) is 2. The van der Waals surface area contributed by atoms with E-state index in [1.807, 2.05) is 0 Å². The lowest BCUT2D eigenvalue weighted by Crippen LogP contribution is -2.30. The van der Waals surface area contributed by atoms with Gasteiger partial charge in [0.15, 0.2) is 5.82 Å². The summed E-state index contributed by atoms with van der Waals surface area (Å²) in [4.78, 5) is 24.5. The molecule has 188 valence electrons. The minimum Gasteiger partial charge on any atom is -0.351 e. The van der Waals surface area contributed by atoms with Crippen LogP contribution in [0.15, 0.2) is 54.9 Å². The molecule has 2 aromatic heterocycles. The van der Waals surface area contributed by atoms with Gasteiger partial charge in [0.2, 0.25) is 0 Å². The van der Waals surface area contributed by atoms with Crippen molar-refractivity contribution in [3.8, 4) is 5.69 Å². The number of hydrogen-bond acceptors (Lipinski definition) is 4. The first-order chi connectivity index (χ1) is 17.7. The Labute approximate surface area is 220 Å². The lowest BCUT2D eigenvalue weighted by molar-refractivity contribution is 0.0952. The van der Waals surface area contributed by atoms with Crippen molar-refractivity contribution in [3.05, 3.63) is 105 Å². The summed E-state index contributed by atoms with van der Waals surface area (Å²) in [5.41, 5.74) is 2.06. The van der Waals surface area contributed by atoms with Crippen molar-refractivity contribution in [2.24, 2.45) is 0 Å². The molecule has 7 nitrogen and oxygen atoms in total. The fourth-order valence-corrected chi connectivity index (χ4v) is 4.89. The molecule has 0 saturated heterocycles. The average Bonchev–Trinajstić information content (AvgIpc) is 3.45. The van der Waals surface area contributed by atoms with Crippen molar-refractivity contribution >= 4 is 40.1 Å². The summed E-state index contributed by atoms with van der Waals surface area (Å²) in [5.74, 6) is -1.17. The number of hydrogen-bond donors (Lipinski definition) is 2. The third-order valence-electron chi connectivity index (χ3n) is 5.96. The molecule has 0 fully saturated rings. The van der Waals surface area contributed by atoms with E-state index in [1.54, 1.807) is 44.2 Å². The lowest BCUT2D eigenvalue weighted by atomic mass is 9.90. The number of nitrogens with zero attached hydrogens (tertiary/aromatic N) is 4. The summed E-state index contributed by atoms with van der Waals surface area (Å²) in [6, 6.07) is 12.2. The topological polar surface area (TPSA) is 88.5 Å². The molecule has 3 aromatic carbocycles. The van der Waals surface area contributed by atoms with Gasteiger partial charge in [-0.05, 0) is 55.3 Å². The van der Waals surface area contributed by atoms with Crippen LogP contribution in [0.25, 0.3) is 16.7 Å². The Hall–Kier alpha value is -3.82. The summed E-state index contributed by atoms with van der Waals surface area (Å²) in [6.07, 6.45) is 1.51. The van der Waals surface area contributed by atoms with Crippen LogP contribution in [0.4, 0.5) is 8.78 Å². The maximum absolute atomic E-state index is 15.6. The van der Waals surface area contributed by atoms with Crippen molar-refractivity contribution in [3.63, 3.8) is 0 Å². The average molecular weight is 541 g/mol. The standard InChI is InChI=1S/C26H20Cl2F2N6O/c1-13-32-12-36(35-13)17-9-20(27)23(21(28)10-17)26(37)31-11-19(15-4-3-5-16(29)8-15)18-6-7-22-25(24(18)30)34-14(2)33-22/h3-10,12,19H,11H2,1-2H3,(H,31,37)(H,33,34). The number of rotatable bonds is 6. The monoisotopic (exact) mass is 540 g/mol. The molecule has 0 saturated carbocycles. The van der Waals surface area contributed by atoms with Crippen LogP contribution >= 0.6 is 23.2 Å². The van der Waals surface area contributed by atoms with Crippen LogP contribution in [0.3, 0.4) is 0 Å². The summed E-state index contributed by atoms with van der Waals surface area (Å²) < 4.78 is 31.2. The number of imidazole rings is 1. The smallest absolute Gasteiger partial charge is 0.254 e. The van der Waals surface area contributed by atoms with Crippen molar-refractivity contribution in [1.82, 2.24) is 30.0 Å². The Morgan fingerprint density at radius 2 is 1.86 bits per heavy atom. The molecular weight excluding hydrogens is 521 g/mol. The third-order valence-corrected chi connectivity index (χ3v) is 6.56. The molecule has 5 rings (SSSR count). The van der Waals surface area contributed by atoms with Crippen LogP contribution in [0.1, 0.15) is 39.1 Å². The molecule has 1 unspecified atom stereocenters. The first-order valence-corrected chi connectivity index (χ1v) is 12.0. The second-order valence-corrected chi connectivity index (χ2v) is 9.34. The second kappa shape index (κ2) is 9.91. The molecule has 0 spiro atoms. The molecule has 0 aliphatic carbocycles.